The fraction of sp³-hybridized carbons (Fsp3) is 0.211. The van der Waals surface area contributed by atoms with Gasteiger partial charge in [-0.05, 0) is 37.1 Å². The van der Waals surface area contributed by atoms with Crippen LogP contribution in [0, 0.1) is 0 Å². The number of hydrogen-bond donors (Lipinski definition) is 1. The quantitative estimate of drug-likeness (QED) is 0.529. The van der Waals surface area contributed by atoms with Gasteiger partial charge in [0.05, 0.1) is 21.8 Å². The Bertz CT molecular complexity index is 1010. The van der Waals surface area contributed by atoms with Crippen molar-refractivity contribution < 1.29 is 9.32 Å². The van der Waals surface area contributed by atoms with Crippen molar-refractivity contribution in [3.05, 3.63) is 59.7 Å². The Morgan fingerprint density at radius 1 is 1.11 bits per heavy atom. The Morgan fingerprint density at radius 3 is 2.81 bits per heavy atom. The summed E-state index contributed by atoms with van der Waals surface area (Å²) in [6.45, 7) is 0.220. The predicted octanol–water partition coefficient (Wildman–Crippen LogP) is 3.38. The van der Waals surface area contributed by atoms with Crippen molar-refractivity contribution in [2.75, 3.05) is 0 Å². The van der Waals surface area contributed by atoms with Gasteiger partial charge in [-0.25, -0.2) is 4.98 Å². The van der Waals surface area contributed by atoms with Gasteiger partial charge >= 0.3 is 0 Å². The third-order valence-corrected chi connectivity index (χ3v) is 5.07. The normalized spacial score (nSPS) is 11.0. The van der Waals surface area contributed by atoms with E-state index in [0.29, 0.717) is 18.1 Å². The van der Waals surface area contributed by atoms with E-state index in [2.05, 4.69) is 31.5 Å². The molecule has 0 bridgehead atoms. The number of aryl methyl sites for hydroxylation is 1. The summed E-state index contributed by atoms with van der Waals surface area (Å²) in [5.74, 6) is 0.818. The summed E-state index contributed by atoms with van der Waals surface area (Å²) in [7, 11) is 0. The first-order valence-corrected chi connectivity index (χ1v) is 9.44. The van der Waals surface area contributed by atoms with Crippen molar-refractivity contribution in [2.45, 2.75) is 25.8 Å². The summed E-state index contributed by atoms with van der Waals surface area (Å²) < 4.78 is 6.35. The van der Waals surface area contributed by atoms with E-state index in [1.54, 1.807) is 35.9 Å². The molecule has 0 fully saturated rings. The van der Waals surface area contributed by atoms with Crippen LogP contribution in [-0.2, 0) is 17.8 Å². The number of hydrogen-bond acceptors (Lipinski definition) is 7. The van der Waals surface area contributed by atoms with Gasteiger partial charge in [-0.15, -0.1) is 11.3 Å². The van der Waals surface area contributed by atoms with Crippen LogP contribution in [0.4, 0.5) is 0 Å². The molecule has 1 N–H and O–H groups in total. The molecule has 0 unspecified atom stereocenters. The number of rotatable bonds is 7. The van der Waals surface area contributed by atoms with Gasteiger partial charge in [-0.1, -0.05) is 17.3 Å². The van der Waals surface area contributed by atoms with Gasteiger partial charge in [0.15, 0.2) is 0 Å². The van der Waals surface area contributed by atoms with E-state index in [1.165, 1.54) is 4.70 Å². The maximum absolute atomic E-state index is 12.0. The van der Waals surface area contributed by atoms with E-state index in [0.717, 1.165) is 28.9 Å². The van der Waals surface area contributed by atoms with Crippen LogP contribution in [0.2, 0.25) is 0 Å². The average molecular weight is 379 g/mol. The standard InChI is InChI=1S/C19H17N5O2S/c25-16(6-3-7-18-22-14-4-1-2-5-15(14)27-18)21-12-17-23-19(24-26-17)13-8-10-20-11-9-13/h1-2,4-5,8-11H,3,6-7,12H2,(H,21,25). The molecule has 7 nitrogen and oxygen atoms in total. The molecule has 0 saturated carbocycles. The number of pyridine rings is 1. The van der Waals surface area contributed by atoms with Gasteiger partial charge < -0.3 is 9.84 Å². The van der Waals surface area contributed by atoms with E-state index >= 15 is 0 Å². The largest absolute Gasteiger partial charge is 0.347 e. The summed E-state index contributed by atoms with van der Waals surface area (Å²) in [4.78, 5) is 24.8. The van der Waals surface area contributed by atoms with Crippen LogP contribution < -0.4 is 5.32 Å². The van der Waals surface area contributed by atoms with Crippen LogP contribution in [0.5, 0.6) is 0 Å². The van der Waals surface area contributed by atoms with Crippen LogP contribution >= 0.6 is 11.3 Å². The van der Waals surface area contributed by atoms with Gasteiger partial charge in [0.25, 0.3) is 0 Å². The van der Waals surface area contributed by atoms with Gasteiger partial charge in [0, 0.05) is 24.4 Å². The molecular weight excluding hydrogens is 362 g/mol. The van der Waals surface area contributed by atoms with Crippen LogP contribution in [0.1, 0.15) is 23.7 Å². The summed E-state index contributed by atoms with van der Waals surface area (Å²) in [5, 5.41) is 7.79. The van der Waals surface area contributed by atoms with E-state index in [9.17, 15) is 4.79 Å². The summed E-state index contributed by atoms with van der Waals surface area (Å²) in [5.41, 5.74) is 1.84. The Morgan fingerprint density at radius 2 is 1.96 bits per heavy atom. The fourth-order valence-corrected chi connectivity index (χ4v) is 3.64. The number of thiazole rings is 1. The third-order valence-electron chi connectivity index (χ3n) is 3.98. The smallest absolute Gasteiger partial charge is 0.246 e. The summed E-state index contributed by atoms with van der Waals surface area (Å²) >= 11 is 1.68. The highest BCUT2D eigenvalue weighted by Crippen LogP contribution is 2.22. The molecule has 136 valence electrons. The first-order chi connectivity index (χ1) is 13.3. The molecule has 1 amide bonds. The molecule has 4 rings (SSSR count). The first-order valence-electron chi connectivity index (χ1n) is 8.62. The zero-order valence-corrected chi connectivity index (χ0v) is 15.3. The van der Waals surface area contributed by atoms with Crippen molar-refractivity contribution in [3.63, 3.8) is 0 Å². The highest BCUT2D eigenvalue weighted by atomic mass is 32.1. The lowest BCUT2D eigenvalue weighted by atomic mass is 10.2. The van der Waals surface area contributed by atoms with Crippen molar-refractivity contribution in [1.29, 1.82) is 0 Å². The highest BCUT2D eigenvalue weighted by molar-refractivity contribution is 7.18. The Balaban J connectivity index is 1.23. The third kappa shape index (κ3) is 4.35. The number of fused-ring (bicyclic) bond motifs is 1. The van der Waals surface area contributed by atoms with Crippen molar-refractivity contribution >= 4 is 27.5 Å². The first kappa shape index (κ1) is 17.3. The Hall–Kier alpha value is -3.13. The average Bonchev–Trinajstić information content (AvgIpc) is 3.34. The maximum Gasteiger partial charge on any atom is 0.246 e. The predicted molar refractivity (Wildman–Crippen MR) is 102 cm³/mol. The fourth-order valence-electron chi connectivity index (χ4n) is 2.63. The topological polar surface area (TPSA) is 93.8 Å². The van der Waals surface area contributed by atoms with Gasteiger partial charge in [0.2, 0.25) is 17.6 Å². The molecule has 0 radical (unpaired) electrons. The second-order valence-corrected chi connectivity index (χ2v) is 7.07. The molecule has 0 saturated heterocycles. The van der Waals surface area contributed by atoms with Crippen molar-refractivity contribution in [3.8, 4) is 11.4 Å². The van der Waals surface area contributed by atoms with Gasteiger partial charge in [-0.3, -0.25) is 9.78 Å². The Kier molecular flexibility index (Phi) is 5.15. The van der Waals surface area contributed by atoms with Crippen LogP contribution in [-0.4, -0.2) is 26.0 Å². The molecule has 3 heterocycles. The lowest BCUT2D eigenvalue weighted by Crippen LogP contribution is -2.22. The number of amides is 1. The molecule has 0 atom stereocenters. The minimum Gasteiger partial charge on any atom is -0.347 e. The number of carbonyl (C=O) groups is 1. The van der Waals surface area contributed by atoms with Crippen molar-refractivity contribution in [2.24, 2.45) is 0 Å². The number of para-hydroxylation sites is 1. The molecular formula is C19H17N5O2S. The number of aromatic nitrogens is 4. The van der Waals surface area contributed by atoms with Crippen LogP contribution in [0.25, 0.3) is 21.6 Å². The molecule has 8 heteroatoms. The molecule has 0 aliphatic carbocycles. The molecule has 3 aromatic heterocycles. The SMILES string of the molecule is O=C(CCCc1nc2ccccc2s1)NCc1nc(-c2ccncc2)no1. The number of nitrogens with zero attached hydrogens (tertiary/aromatic N) is 4. The monoisotopic (exact) mass is 379 g/mol. The minimum atomic E-state index is -0.0419. The Labute approximate surface area is 159 Å². The van der Waals surface area contributed by atoms with E-state index in [-0.39, 0.29) is 12.5 Å². The number of nitrogens with one attached hydrogen (secondary N) is 1. The summed E-state index contributed by atoms with van der Waals surface area (Å²) in [6, 6.07) is 11.7. The van der Waals surface area contributed by atoms with E-state index < -0.39 is 0 Å². The van der Waals surface area contributed by atoms with Gasteiger partial charge in [0.1, 0.15) is 0 Å². The zero-order chi connectivity index (χ0) is 18.5. The maximum atomic E-state index is 12.0. The number of benzene rings is 1. The van der Waals surface area contributed by atoms with Gasteiger partial charge in [-0.2, -0.15) is 4.98 Å². The van der Waals surface area contributed by atoms with E-state index in [4.69, 9.17) is 4.52 Å². The molecule has 0 aliphatic rings. The van der Waals surface area contributed by atoms with Crippen LogP contribution in [0.3, 0.4) is 0 Å². The lowest BCUT2D eigenvalue weighted by Gasteiger charge is -2.01. The summed E-state index contributed by atoms with van der Waals surface area (Å²) in [6.07, 6.45) is 5.30. The molecule has 0 spiro atoms. The zero-order valence-electron chi connectivity index (χ0n) is 14.5. The number of carbonyl (C=O) groups excluding carboxylic acids is 1. The minimum absolute atomic E-state index is 0.0419. The highest BCUT2D eigenvalue weighted by Gasteiger charge is 2.10. The van der Waals surface area contributed by atoms with Crippen LogP contribution in [0.15, 0.2) is 53.3 Å². The second kappa shape index (κ2) is 8.05. The molecule has 4 aromatic rings. The van der Waals surface area contributed by atoms with E-state index in [1.807, 2.05) is 18.2 Å². The lowest BCUT2D eigenvalue weighted by molar-refractivity contribution is -0.121. The molecule has 0 aliphatic heterocycles. The van der Waals surface area contributed by atoms with Crippen molar-refractivity contribution in [1.82, 2.24) is 25.4 Å². The molecule has 27 heavy (non-hydrogen) atoms. The second-order valence-electron chi connectivity index (χ2n) is 5.95. The molecule has 1 aromatic carbocycles.